The zero-order valence-corrected chi connectivity index (χ0v) is 14.0. The third-order valence-electron chi connectivity index (χ3n) is 4.68. The molecule has 1 aromatic heterocycles. The summed E-state index contributed by atoms with van der Waals surface area (Å²) < 4.78 is 13.3. The van der Waals surface area contributed by atoms with E-state index in [-0.39, 0.29) is 11.7 Å². The average Bonchev–Trinajstić information content (AvgIpc) is 3.10. The molecule has 1 atom stereocenters. The molecule has 1 fully saturated rings. The van der Waals surface area contributed by atoms with Crippen LogP contribution in [0.4, 0.5) is 4.39 Å². The molecule has 0 N–H and O–H groups in total. The normalized spacial score (nSPS) is 16.8. The summed E-state index contributed by atoms with van der Waals surface area (Å²) in [4.78, 5) is 15.8. The van der Waals surface area contributed by atoms with Gasteiger partial charge in [0.1, 0.15) is 11.9 Å². The summed E-state index contributed by atoms with van der Waals surface area (Å²) in [6.45, 7) is 1.76. The van der Waals surface area contributed by atoms with Gasteiger partial charge in [0.2, 0.25) is 11.7 Å². The number of carbonyl (C=O) groups is 1. The number of carbonyl (C=O) groups excluding carboxylic acids is 1. The van der Waals surface area contributed by atoms with Gasteiger partial charge < -0.3 is 4.90 Å². The van der Waals surface area contributed by atoms with Crippen molar-refractivity contribution in [1.29, 1.82) is 0 Å². The van der Waals surface area contributed by atoms with E-state index in [1.54, 1.807) is 19.1 Å². The van der Waals surface area contributed by atoms with Crippen molar-refractivity contribution in [3.8, 4) is 11.4 Å². The number of tetrazole rings is 1. The number of nitrogens with zero attached hydrogens (tertiary/aromatic N) is 5. The van der Waals surface area contributed by atoms with Crippen molar-refractivity contribution in [3.05, 3.63) is 30.1 Å². The highest BCUT2D eigenvalue weighted by Crippen LogP contribution is 2.23. The molecular formula is C17H22FN5O. The first-order chi connectivity index (χ1) is 11.6. The van der Waals surface area contributed by atoms with Gasteiger partial charge in [0.05, 0.1) is 0 Å². The fourth-order valence-electron chi connectivity index (χ4n) is 3.17. The lowest BCUT2D eigenvalue weighted by molar-refractivity contribution is -0.136. The third kappa shape index (κ3) is 3.44. The van der Waals surface area contributed by atoms with Gasteiger partial charge in [0.25, 0.3) is 0 Å². The lowest BCUT2D eigenvalue weighted by Gasteiger charge is -2.32. The van der Waals surface area contributed by atoms with E-state index in [9.17, 15) is 9.18 Å². The van der Waals surface area contributed by atoms with Crippen molar-refractivity contribution in [2.24, 2.45) is 0 Å². The first-order valence-corrected chi connectivity index (χ1v) is 8.38. The van der Waals surface area contributed by atoms with E-state index in [4.69, 9.17) is 0 Å². The SMILES string of the molecule is C[C@@H](C(=O)N(C)C1CCCCC1)n1nnc(-c2cccc(F)c2)n1. The number of hydrogen-bond acceptors (Lipinski definition) is 4. The molecule has 1 aliphatic rings. The largest absolute Gasteiger partial charge is 0.341 e. The molecule has 1 saturated carbocycles. The van der Waals surface area contributed by atoms with E-state index >= 15 is 0 Å². The zero-order chi connectivity index (χ0) is 17.1. The number of hydrogen-bond donors (Lipinski definition) is 0. The quantitative estimate of drug-likeness (QED) is 0.864. The Morgan fingerprint density at radius 2 is 2.08 bits per heavy atom. The molecule has 0 spiro atoms. The van der Waals surface area contributed by atoms with Gasteiger partial charge in [0, 0.05) is 18.7 Å². The molecule has 0 bridgehead atoms. The predicted octanol–water partition coefficient (Wildman–Crippen LogP) is 2.83. The molecule has 3 rings (SSSR count). The molecule has 6 nitrogen and oxygen atoms in total. The number of rotatable bonds is 4. The summed E-state index contributed by atoms with van der Waals surface area (Å²) in [6, 6.07) is 5.77. The number of halogens is 1. The minimum atomic E-state index is -0.535. The number of benzene rings is 1. The van der Waals surface area contributed by atoms with Crippen LogP contribution >= 0.6 is 0 Å². The van der Waals surface area contributed by atoms with Crippen molar-refractivity contribution in [2.75, 3.05) is 7.05 Å². The van der Waals surface area contributed by atoms with E-state index in [0.717, 1.165) is 12.8 Å². The van der Waals surface area contributed by atoms with Crippen molar-refractivity contribution >= 4 is 5.91 Å². The topological polar surface area (TPSA) is 63.9 Å². The van der Waals surface area contributed by atoms with E-state index in [0.29, 0.717) is 17.4 Å². The first kappa shape index (κ1) is 16.5. The summed E-state index contributed by atoms with van der Waals surface area (Å²) >= 11 is 0. The molecule has 1 amide bonds. The van der Waals surface area contributed by atoms with E-state index < -0.39 is 6.04 Å². The minimum Gasteiger partial charge on any atom is -0.341 e. The molecule has 24 heavy (non-hydrogen) atoms. The van der Waals surface area contributed by atoms with Crippen molar-refractivity contribution in [2.45, 2.75) is 51.1 Å². The zero-order valence-electron chi connectivity index (χ0n) is 14.0. The van der Waals surface area contributed by atoms with Crippen molar-refractivity contribution in [1.82, 2.24) is 25.1 Å². The Morgan fingerprint density at radius 3 is 2.79 bits per heavy atom. The smallest absolute Gasteiger partial charge is 0.249 e. The fourth-order valence-corrected chi connectivity index (χ4v) is 3.17. The Balaban J connectivity index is 1.73. The van der Waals surface area contributed by atoms with Crippen LogP contribution in [0.5, 0.6) is 0 Å². The van der Waals surface area contributed by atoms with Gasteiger partial charge >= 0.3 is 0 Å². The second-order valence-electron chi connectivity index (χ2n) is 6.36. The van der Waals surface area contributed by atoms with Gasteiger partial charge in [-0.1, -0.05) is 31.4 Å². The Labute approximate surface area is 140 Å². The van der Waals surface area contributed by atoms with Crippen LogP contribution in [0.1, 0.15) is 45.1 Å². The summed E-state index contributed by atoms with van der Waals surface area (Å²) in [6.07, 6.45) is 5.68. The third-order valence-corrected chi connectivity index (χ3v) is 4.68. The molecule has 1 aromatic carbocycles. The van der Waals surface area contributed by atoms with Gasteiger partial charge in [0.15, 0.2) is 0 Å². The lowest BCUT2D eigenvalue weighted by atomic mass is 9.94. The molecule has 0 aliphatic heterocycles. The maximum atomic E-state index is 13.3. The van der Waals surface area contributed by atoms with Crippen LogP contribution in [0.3, 0.4) is 0 Å². The van der Waals surface area contributed by atoms with Crippen LogP contribution < -0.4 is 0 Å². The number of likely N-dealkylation sites (N-methyl/N-ethyl adjacent to an activating group) is 1. The first-order valence-electron chi connectivity index (χ1n) is 8.38. The highest BCUT2D eigenvalue weighted by Gasteiger charge is 2.28. The Kier molecular flexibility index (Phi) is 4.87. The molecule has 0 radical (unpaired) electrons. The average molecular weight is 331 g/mol. The summed E-state index contributed by atoms with van der Waals surface area (Å²) in [5, 5.41) is 12.2. The van der Waals surface area contributed by atoms with Gasteiger partial charge in [-0.15, -0.1) is 10.2 Å². The maximum absolute atomic E-state index is 13.3. The Morgan fingerprint density at radius 1 is 1.33 bits per heavy atom. The van der Waals surface area contributed by atoms with Crippen LogP contribution in [0.25, 0.3) is 11.4 Å². The molecule has 128 valence electrons. The highest BCUT2D eigenvalue weighted by atomic mass is 19.1. The monoisotopic (exact) mass is 331 g/mol. The Hall–Kier alpha value is -2.31. The summed E-state index contributed by atoms with van der Waals surface area (Å²) in [7, 11) is 1.85. The van der Waals surface area contributed by atoms with Gasteiger partial charge in [-0.2, -0.15) is 4.80 Å². The van der Waals surface area contributed by atoms with Gasteiger partial charge in [-0.05, 0) is 37.1 Å². The molecule has 7 heteroatoms. The second kappa shape index (κ2) is 7.07. The van der Waals surface area contributed by atoms with E-state index in [1.807, 2.05) is 11.9 Å². The van der Waals surface area contributed by atoms with Crippen LogP contribution in [-0.4, -0.2) is 44.1 Å². The van der Waals surface area contributed by atoms with E-state index in [1.165, 1.54) is 36.2 Å². The maximum Gasteiger partial charge on any atom is 0.249 e. The Bertz CT molecular complexity index is 711. The van der Waals surface area contributed by atoms with Crippen LogP contribution in [0.2, 0.25) is 0 Å². The molecular weight excluding hydrogens is 309 g/mol. The number of aromatic nitrogens is 4. The molecule has 2 aromatic rings. The second-order valence-corrected chi connectivity index (χ2v) is 6.36. The highest BCUT2D eigenvalue weighted by molar-refractivity contribution is 5.79. The number of amides is 1. The predicted molar refractivity (Wildman–Crippen MR) is 87.6 cm³/mol. The fraction of sp³-hybridized carbons (Fsp3) is 0.529. The summed E-state index contributed by atoms with van der Waals surface area (Å²) in [5.41, 5.74) is 0.543. The van der Waals surface area contributed by atoms with Crippen LogP contribution in [0.15, 0.2) is 24.3 Å². The lowest BCUT2D eigenvalue weighted by Crippen LogP contribution is -2.42. The molecule has 1 aliphatic carbocycles. The molecule has 0 saturated heterocycles. The van der Waals surface area contributed by atoms with Gasteiger partial charge in [-0.3, -0.25) is 4.79 Å². The molecule has 0 unspecified atom stereocenters. The van der Waals surface area contributed by atoms with Crippen LogP contribution in [-0.2, 0) is 4.79 Å². The van der Waals surface area contributed by atoms with Crippen molar-refractivity contribution < 1.29 is 9.18 Å². The van der Waals surface area contributed by atoms with Crippen molar-refractivity contribution in [3.63, 3.8) is 0 Å². The molecule has 1 heterocycles. The van der Waals surface area contributed by atoms with Crippen LogP contribution in [0, 0.1) is 5.82 Å². The summed E-state index contributed by atoms with van der Waals surface area (Å²) in [5.74, 6) is -0.0652. The van der Waals surface area contributed by atoms with E-state index in [2.05, 4.69) is 15.4 Å². The standard InChI is InChI=1S/C17H22FN5O/c1-12(17(24)22(2)15-9-4-3-5-10-15)23-20-16(19-21-23)13-7-6-8-14(18)11-13/h6-8,11-12,15H,3-5,9-10H2,1-2H3/t12-/m0/s1. The van der Waals surface area contributed by atoms with Gasteiger partial charge in [-0.25, -0.2) is 4.39 Å². The minimum absolute atomic E-state index is 0.0231.